The van der Waals surface area contributed by atoms with Gasteiger partial charge in [-0.1, -0.05) is 0 Å². The monoisotopic (exact) mass is 362 g/mol. The first-order valence-corrected chi connectivity index (χ1v) is 8.11. The number of aliphatic hydroxyl groups is 3. The topological polar surface area (TPSA) is 147 Å². The molecule has 0 spiro atoms. The first-order valence-electron chi connectivity index (χ1n) is 8.11. The molecule has 0 aromatic carbocycles. The second-order valence-electron chi connectivity index (χ2n) is 7.21. The minimum absolute atomic E-state index is 0.521. The Morgan fingerprint density at radius 2 is 1.92 bits per heavy atom. The Labute approximate surface area is 145 Å². The van der Waals surface area contributed by atoms with Gasteiger partial charge in [0.05, 0.1) is 12.7 Å². The first-order chi connectivity index (χ1) is 11.5. The highest BCUT2D eigenvalue weighted by Gasteiger charge is 2.49. The van der Waals surface area contributed by atoms with Crippen molar-refractivity contribution >= 4 is 12.0 Å². The third-order valence-electron chi connectivity index (χ3n) is 3.96. The lowest BCUT2D eigenvalue weighted by Gasteiger charge is -2.41. The van der Waals surface area contributed by atoms with Crippen LogP contribution in [0.25, 0.3) is 0 Å². The van der Waals surface area contributed by atoms with Crippen molar-refractivity contribution in [3.63, 3.8) is 0 Å². The van der Waals surface area contributed by atoms with E-state index in [4.69, 9.17) is 14.2 Å². The van der Waals surface area contributed by atoms with Crippen molar-refractivity contribution in [1.82, 2.24) is 10.6 Å². The van der Waals surface area contributed by atoms with E-state index < -0.39 is 67.0 Å². The van der Waals surface area contributed by atoms with Gasteiger partial charge in [-0.3, -0.25) is 4.79 Å². The molecule has 0 saturated carbocycles. The largest absolute Gasteiger partial charge is 0.444 e. The van der Waals surface area contributed by atoms with Crippen LogP contribution in [0.2, 0.25) is 0 Å². The molecule has 5 N–H and O–H groups in total. The molecule has 144 valence electrons. The lowest BCUT2D eigenvalue weighted by atomic mass is 9.97. The highest BCUT2D eigenvalue weighted by molar-refractivity contribution is 5.86. The van der Waals surface area contributed by atoms with Gasteiger partial charge in [0.25, 0.3) is 0 Å². The molecule has 2 aliphatic rings. The van der Waals surface area contributed by atoms with Crippen LogP contribution < -0.4 is 10.6 Å². The summed E-state index contributed by atoms with van der Waals surface area (Å²) >= 11 is 0. The van der Waals surface area contributed by atoms with Gasteiger partial charge in [0.1, 0.15) is 36.0 Å². The standard InChI is InChI=1S/C15H26N2O8/c1-6-8(17-14(22)25-15(2,3)4)12(21)16-9-11(20)10(19)7(5-18)24-13(9)23-6/h6-11,13,18-20H,5H2,1-4H3,(H,16,21)(H,17,22)/t6-,7+,8-,9+,10+,11+,13-/m0/s1. The second-order valence-corrected chi connectivity index (χ2v) is 7.21. The number of fused-ring (bicyclic) bond motifs is 1. The van der Waals surface area contributed by atoms with Crippen molar-refractivity contribution in [1.29, 1.82) is 0 Å². The average Bonchev–Trinajstić information content (AvgIpc) is 2.60. The van der Waals surface area contributed by atoms with Gasteiger partial charge in [-0.15, -0.1) is 0 Å². The SMILES string of the molecule is C[C@@H]1O[C@H]2O[C@H](CO)[C@@H](O)[C@H](O)[C@H]2NC(=O)[C@H]1NC(=O)OC(C)(C)C. The highest BCUT2D eigenvalue weighted by Crippen LogP contribution is 2.25. The van der Waals surface area contributed by atoms with Crippen LogP contribution in [0.3, 0.4) is 0 Å². The lowest BCUT2D eigenvalue weighted by Crippen LogP contribution is -2.64. The molecule has 0 aromatic rings. The molecule has 2 aliphatic heterocycles. The van der Waals surface area contributed by atoms with Gasteiger partial charge < -0.3 is 40.2 Å². The third-order valence-corrected chi connectivity index (χ3v) is 3.96. The van der Waals surface area contributed by atoms with Gasteiger partial charge in [0.15, 0.2) is 6.29 Å². The number of hydrogen-bond donors (Lipinski definition) is 5. The van der Waals surface area contributed by atoms with Crippen molar-refractivity contribution in [2.24, 2.45) is 0 Å². The zero-order chi connectivity index (χ0) is 18.9. The lowest BCUT2D eigenvalue weighted by molar-refractivity contribution is -0.276. The molecule has 7 atom stereocenters. The van der Waals surface area contributed by atoms with Crippen molar-refractivity contribution in [2.75, 3.05) is 6.61 Å². The van der Waals surface area contributed by atoms with E-state index in [2.05, 4.69) is 10.6 Å². The summed E-state index contributed by atoms with van der Waals surface area (Å²) in [5.74, 6) is -0.608. The molecule has 2 saturated heterocycles. The summed E-state index contributed by atoms with van der Waals surface area (Å²) in [6.07, 6.45) is -6.50. The van der Waals surface area contributed by atoms with Gasteiger partial charge in [0, 0.05) is 0 Å². The van der Waals surface area contributed by atoms with Gasteiger partial charge >= 0.3 is 6.09 Å². The molecule has 10 heteroatoms. The molecule has 25 heavy (non-hydrogen) atoms. The van der Waals surface area contributed by atoms with E-state index >= 15 is 0 Å². The smallest absolute Gasteiger partial charge is 0.408 e. The molecule has 0 unspecified atom stereocenters. The minimum Gasteiger partial charge on any atom is -0.444 e. The summed E-state index contributed by atoms with van der Waals surface area (Å²) in [7, 11) is 0. The van der Waals surface area contributed by atoms with E-state index in [9.17, 15) is 24.9 Å². The summed E-state index contributed by atoms with van der Waals surface area (Å²) in [4.78, 5) is 24.4. The predicted octanol–water partition coefficient (Wildman–Crippen LogP) is -1.78. The van der Waals surface area contributed by atoms with Crippen LogP contribution in [-0.4, -0.2) is 82.3 Å². The van der Waals surface area contributed by atoms with Crippen LogP contribution in [0.15, 0.2) is 0 Å². The zero-order valence-corrected chi connectivity index (χ0v) is 14.6. The molecule has 0 aromatic heterocycles. The molecule has 0 aliphatic carbocycles. The van der Waals surface area contributed by atoms with Crippen molar-refractivity contribution in [3.8, 4) is 0 Å². The third kappa shape index (κ3) is 4.59. The normalized spacial score (nSPS) is 39.0. The molecule has 2 fully saturated rings. The van der Waals surface area contributed by atoms with Gasteiger partial charge in [-0.05, 0) is 27.7 Å². The number of alkyl carbamates (subject to hydrolysis) is 1. The zero-order valence-electron chi connectivity index (χ0n) is 14.6. The summed E-state index contributed by atoms with van der Waals surface area (Å²) in [5, 5.41) is 34.3. The maximum Gasteiger partial charge on any atom is 0.408 e. The molecule has 2 amide bonds. The minimum atomic E-state index is -1.40. The molecule has 2 rings (SSSR count). The number of amides is 2. The van der Waals surface area contributed by atoms with E-state index in [0.29, 0.717) is 0 Å². The maximum atomic E-state index is 12.4. The Hall–Kier alpha value is -1.46. The Balaban J connectivity index is 2.12. The maximum absolute atomic E-state index is 12.4. The van der Waals surface area contributed by atoms with E-state index in [1.807, 2.05) is 0 Å². The Morgan fingerprint density at radius 1 is 1.28 bits per heavy atom. The van der Waals surface area contributed by atoms with Gasteiger partial charge in [-0.2, -0.15) is 0 Å². The second kappa shape index (κ2) is 7.42. The number of aliphatic hydroxyl groups excluding tert-OH is 3. The van der Waals surface area contributed by atoms with Crippen LogP contribution in [-0.2, 0) is 19.0 Å². The number of nitrogens with one attached hydrogen (secondary N) is 2. The van der Waals surface area contributed by atoms with Crippen LogP contribution in [0.5, 0.6) is 0 Å². The van der Waals surface area contributed by atoms with Crippen LogP contribution >= 0.6 is 0 Å². The fourth-order valence-electron chi connectivity index (χ4n) is 2.73. The number of hydrogen-bond acceptors (Lipinski definition) is 8. The fraction of sp³-hybridized carbons (Fsp3) is 0.867. The molecule has 10 nitrogen and oxygen atoms in total. The average molecular weight is 362 g/mol. The number of rotatable bonds is 2. The Kier molecular flexibility index (Phi) is 5.89. The number of ether oxygens (including phenoxy) is 3. The Bertz CT molecular complexity index is 508. The molecule has 0 bridgehead atoms. The molecule has 2 heterocycles. The quantitative estimate of drug-likeness (QED) is 0.387. The summed E-state index contributed by atoms with van der Waals surface area (Å²) in [6, 6.07) is -2.13. The summed E-state index contributed by atoms with van der Waals surface area (Å²) in [6.45, 7) is 6.10. The number of carbonyl (C=O) groups excluding carboxylic acids is 2. The van der Waals surface area contributed by atoms with Crippen molar-refractivity contribution in [3.05, 3.63) is 0 Å². The summed E-state index contributed by atoms with van der Waals surface area (Å²) in [5.41, 5.74) is -0.735. The molecule has 0 radical (unpaired) electrons. The highest BCUT2D eigenvalue weighted by atomic mass is 16.7. The summed E-state index contributed by atoms with van der Waals surface area (Å²) < 4.78 is 16.2. The van der Waals surface area contributed by atoms with E-state index in [-0.39, 0.29) is 0 Å². The van der Waals surface area contributed by atoms with E-state index in [0.717, 1.165) is 0 Å². The van der Waals surface area contributed by atoms with Crippen LogP contribution in [0.4, 0.5) is 4.79 Å². The predicted molar refractivity (Wildman–Crippen MR) is 83.4 cm³/mol. The van der Waals surface area contributed by atoms with Gasteiger partial charge in [0.2, 0.25) is 5.91 Å². The number of carbonyl (C=O) groups is 2. The van der Waals surface area contributed by atoms with Crippen molar-refractivity contribution < 1.29 is 39.1 Å². The fourth-order valence-corrected chi connectivity index (χ4v) is 2.73. The molecular formula is C15H26N2O8. The van der Waals surface area contributed by atoms with Crippen LogP contribution in [0.1, 0.15) is 27.7 Å². The van der Waals surface area contributed by atoms with Crippen molar-refractivity contribution in [2.45, 2.75) is 76.1 Å². The van der Waals surface area contributed by atoms with E-state index in [1.54, 1.807) is 27.7 Å². The van der Waals surface area contributed by atoms with Gasteiger partial charge in [-0.25, -0.2) is 4.79 Å². The van der Waals surface area contributed by atoms with Crippen LogP contribution in [0, 0.1) is 0 Å². The first kappa shape index (κ1) is 19.9. The Morgan fingerprint density at radius 3 is 2.48 bits per heavy atom. The molecular weight excluding hydrogens is 336 g/mol. The van der Waals surface area contributed by atoms with E-state index in [1.165, 1.54) is 0 Å².